The minimum Gasteiger partial charge on any atom is -0.422 e. The summed E-state index contributed by atoms with van der Waals surface area (Å²) in [5.41, 5.74) is 8.40. The Morgan fingerprint density at radius 1 is 1.26 bits per heavy atom. The molecule has 0 bridgehead atoms. The number of rotatable bonds is 2. The predicted octanol–water partition coefficient (Wildman–Crippen LogP) is 4.19. The largest absolute Gasteiger partial charge is 0.422 e. The van der Waals surface area contributed by atoms with E-state index in [2.05, 4.69) is 11.2 Å². The van der Waals surface area contributed by atoms with Gasteiger partial charge in [-0.25, -0.2) is 9.07 Å². The Morgan fingerprint density at radius 3 is 2.74 bits per heavy atom. The number of benzene rings is 2. The summed E-state index contributed by atoms with van der Waals surface area (Å²) in [6.07, 6.45) is 0. The lowest BCUT2D eigenvalue weighted by Gasteiger charge is -2.25. The van der Waals surface area contributed by atoms with Crippen LogP contribution in [0.1, 0.15) is 22.7 Å². The Labute approximate surface area is 160 Å². The van der Waals surface area contributed by atoms with E-state index in [1.54, 1.807) is 48.0 Å². The third-order valence-electron chi connectivity index (χ3n) is 4.50. The van der Waals surface area contributed by atoms with E-state index >= 15 is 0 Å². The van der Waals surface area contributed by atoms with Crippen LogP contribution in [0.3, 0.4) is 0 Å². The zero-order valence-electron chi connectivity index (χ0n) is 14.3. The summed E-state index contributed by atoms with van der Waals surface area (Å²) in [6, 6.07) is 15.5. The monoisotopic (exact) mass is 380 g/mol. The number of nitriles is 1. The summed E-state index contributed by atoms with van der Waals surface area (Å²) in [5, 5.41) is 14.7. The highest BCUT2D eigenvalue weighted by atomic mass is 35.5. The fourth-order valence-electron chi connectivity index (χ4n) is 3.32. The summed E-state index contributed by atoms with van der Waals surface area (Å²) in [7, 11) is 0. The Morgan fingerprint density at radius 2 is 2.04 bits per heavy atom. The molecule has 0 saturated heterocycles. The van der Waals surface area contributed by atoms with Crippen molar-refractivity contribution in [2.75, 3.05) is 0 Å². The molecule has 3 aromatic rings. The molecule has 0 saturated carbocycles. The maximum Gasteiger partial charge on any atom is 0.229 e. The zero-order chi connectivity index (χ0) is 19.1. The van der Waals surface area contributed by atoms with Gasteiger partial charge in [0.1, 0.15) is 17.5 Å². The first kappa shape index (κ1) is 17.1. The maximum atomic E-state index is 14.6. The number of hydrogen-bond donors (Lipinski definition) is 1. The first-order chi connectivity index (χ1) is 13.0. The smallest absolute Gasteiger partial charge is 0.229 e. The Balaban J connectivity index is 1.99. The topological polar surface area (TPSA) is 76.9 Å². The van der Waals surface area contributed by atoms with Crippen LogP contribution in [0.5, 0.6) is 5.88 Å². The minimum absolute atomic E-state index is 0.0681. The Bertz CT molecular complexity index is 1130. The highest BCUT2D eigenvalue weighted by Crippen LogP contribution is 2.45. The molecule has 0 unspecified atom stereocenters. The molecule has 1 aliphatic rings. The van der Waals surface area contributed by atoms with Gasteiger partial charge in [0.15, 0.2) is 0 Å². The van der Waals surface area contributed by atoms with E-state index in [1.807, 2.05) is 6.07 Å². The molecule has 5 nitrogen and oxygen atoms in total. The molecule has 2 heterocycles. The number of ether oxygens (including phenoxy) is 1. The van der Waals surface area contributed by atoms with Crippen LogP contribution in [0.25, 0.3) is 5.69 Å². The summed E-state index contributed by atoms with van der Waals surface area (Å²) in [6.45, 7) is 1.79. The van der Waals surface area contributed by atoms with Gasteiger partial charge in [0.2, 0.25) is 11.8 Å². The number of halogens is 2. The SMILES string of the molecule is Cc1nn(-c2cccc(Cl)c2)c2c1[C@H](c1ccccc1F)C(C#N)=C(N)O2. The summed E-state index contributed by atoms with van der Waals surface area (Å²) >= 11 is 6.10. The number of allylic oxidation sites excluding steroid dienone is 1. The highest BCUT2D eigenvalue weighted by Gasteiger charge is 2.37. The third-order valence-corrected chi connectivity index (χ3v) is 4.74. The van der Waals surface area contributed by atoms with E-state index in [0.717, 1.165) is 0 Å². The van der Waals surface area contributed by atoms with E-state index in [0.29, 0.717) is 33.4 Å². The number of nitrogens with two attached hydrogens (primary N) is 1. The second-order valence-electron chi connectivity index (χ2n) is 6.14. The molecule has 2 aromatic carbocycles. The van der Waals surface area contributed by atoms with Crippen molar-refractivity contribution in [1.82, 2.24) is 9.78 Å². The van der Waals surface area contributed by atoms with Crippen molar-refractivity contribution < 1.29 is 9.13 Å². The average Bonchev–Trinajstić information content (AvgIpc) is 2.97. The molecule has 134 valence electrons. The number of aryl methyl sites for hydroxylation is 1. The van der Waals surface area contributed by atoms with Crippen LogP contribution in [-0.2, 0) is 0 Å². The number of nitrogens with zero attached hydrogens (tertiary/aromatic N) is 3. The maximum absolute atomic E-state index is 14.6. The molecule has 1 aromatic heterocycles. The molecular weight excluding hydrogens is 367 g/mol. The van der Waals surface area contributed by atoms with E-state index in [1.165, 1.54) is 6.07 Å². The van der Waals surface area contributed by atoms with E-state index in [9.17, 15) is 9.65 Å². The van der Waals surface area contributed by atoms with Gasteiger partial charge in [0.05, 0.1) is 22.9 Å². The summed E-state index contributed by atoms with van der Waals surface area (Å²) in [5.74, 6) is -0.848. The first-order valence-electron chi connectivity index (χ1n) is 8.18. The molecule has 0 fully saturated rings. The molecule has 0 amide bonds. The lowest BCUT2D eigenvalue weighted by atomic mass is 9.84. The van der Waals surface area contributed by atoms with E-state index in [-0.39, 0.29) is 11.5 Å². The van der Waals surface area contributed by atoms with Crippen molar-refractivity contribution in [3.05, 3.63) is 87.6 Å². The molecule has 4 rings (SSSR count). The molecule has 0 spiro atoms. The van der Waals surface area contributed by atoms with Gasteiger partial charge in [-0.05, 0) is 31.2 Å². The van der Waals surface area contributed by atoms with Crippen molar-refractivity contribution >= 4 is 11.6 Å². The van der Waals surface area contributed by atoms with E-state index < -0.39 is 11.7 Å². The molecule has 0 aliphatic carbocycles. The van der Waals surface area contributed by atoms with Crippen LogP contribution in [-0.4, -0.2) is 9.78 Å². The van der Waals surface area contributed by atoms with Crippen LogP contribution in [0, 0.1) is 24.1 Å². The molecule has 1 atom stereocenters. The second kappa shape index (κ2) is 6.45. The van der Waals surface area contributed by atoms with Crippen LogP contribution < -0.4 is 10.5 Å². The molecule has 7 heteroatoms. The normalized spacial score (nSPS) is 15.9. The quantitative estimate of drug-likeness (QED) is 0.723. The first-order valence-corrected chi connectivity index (χ1v) is 8.56. The minimum atomic E-state index is -0.701. The van der Waals surface area contributed by atoms with Crippen LogP contribution in [0.15, 0.2) is 60.0 Å². The predicted molar refractivity (Wildman–Crippen MR) is 99.0 cm³/mol. The van der Waals surface area contributed by atoms with Gasteiger partial charge in [-0.2, -0.15) is 10.4 Å². The van der Waals surface area contributed by atoms with Crippen LogP contribution >= 0.6 is 11.6 Å². The fraction of sp³-hybridized carbons (Fsp3) is 0.100. The number of aromatic nitrogens is 2. The van der Waals surface area contributed by atoms with Crippen molar-refractivity contribution in [3.63, 3.8) is 0 Å². The molecule has 1 aliphatic heterocycles. The molecule has 27 heavy (non-hydrogen) atoms. The Hall–Kier alpha value is -3.30. The fourth-order valence-corrected chi connectivity index (χ4v) is 3.50. The lowest BCUT2D eigenvalue weighted by molar-refractivity contribution is 0.366. The molecule has 0 radical (unpaired) electrons. The van der Waals surface area contributed by atoms with Crippen molar-refractivity contribution in [3.8, 4) is 17.6 Å². The standard InChI is InChI=1S/C20H14ClFN4O/c1-11-17-18(14-7-2-3-8-16(14)22)15(10-23)19(24)27-20(17)26(25-11)13-6-4-5-12(21)9-13/h2-9,18H,24H2,1H3/t18-/m1/s1. The lowest BCUT2D eigenvalue weighted by Crippen LogP contribution is -2.22. The second-order valence-corrected chi connectivity index (χ2v) is 6.58. The van der Waals surface area contributed by atoms with Crippen molar-refractivity contribution in [2.45, 2.75) is 12.8 Å². The average molecular weight is 381 g/mol. The van der Waals surface area contributed by atoms with Gasteiger partial charge in [-0.15, -0.1) is 0 Å². The number of fused-ring (bicyclic) bond motifs is 1. The summed E-state index contributed by atoms with van der Waals surface area (Å²) < 4.78 is 21.9. The van der Waals surface area contributed by atoms with Gasteiger partial charge >= 0.3 is 0 Å². The van der Waals surface area contributed by atoms with Gasteiger partial charge in [0.25, 0.3) is 0 Å². The van der Waals surface area contributed by atoms with Crippen LogP contribution in [0.4, 0.5) is 4.39 Å². The number of hydrogen-bond acceptors (Lipinski definition) is 4. The van der Waals surface area contributed by atoms with Crippen LogP contribution in [0.2, 0.25) is 5.02 Å². The van der Waals surface area contributed by atoms with Gasteiger partial charge in [0, 0.05) is 10.6 Å². The Kier molecular flexibility index (Phi) is 4.09. The van der Waals surface area contributed by atoms with Gasteiger partial charge in [-0.1, -0.05) is 35.9 Å². The summed E-state index contributed by atoms with van der Waals surface area (Å²) in [4.78, 5) is 0. The van der Waals surface area contributed by atoms with Crippen molar-refractivity contribution in [2.24, 2.45) is 5.73 Å². The van der Waals surface area contributed by atoms with E-state index in [4.69, 9.17) is 22.1 Å². The van der Waals surface area contributed by atoms with Crippen molar-refractivity contribution in [1.29, 1.82) is 5.26 Å². The zero-order valence-corrected chi connectivity index (χ0v) is 15.0. The van der Waals surface area contributed by atoms with Gasteiger partial charge in [-0.3, -0.25) is 0 Å². The molecular formula is C20H14ClFN4O. The molecule has 2 N–H and O–H groups in total. The van der Waals surface area contributed by atoms with Gasteiger partial charge < -0.3 is 10.5 Å². The third kappa shape index (κ3) is 2.73. The highest BCUT2D eigenvalue weighted by molar-refractivity contribution is 6.30.